The topological polar surface area (TPSA) is 68.3 Å². The second-order valence-electron chi connectivity index (χ2n) is 2.31. The molecule has 1 aromatic heterocycles. The number of hydrazine groups is 1. The molecule has 1 rings (SSSR count). The standard InChI is InChI=1S/C7H8F2N2O2S/c8-7(9)14-3-4-1-2-5(13-4)6(12)11-10/h1-2,7H,3,10H2,(H,11,12). The van der Waals surface area contributed by atoms with Crippen LogP contribution < -0.4 is 11.3 Å². The lowest BCUT2D eigenvalue weighted by molar-refractivity contribution is 0.0924. The maximum Gasteiger partial charge on any atom is 0.300 e. The highest BCUT2D eigenvalue weighted by Crippen LogP contribution is 2.20. The van der Waals surface area contributed by atoms with Crippen molar-refractivity contribution in [2.45, 2.75) is 11.5 Å². The van der Waals surface area contributed by atoms with Crippen molar-refractivity contribution in [3.05, 3.63) is 23.7 Å². The number of halogens is 2. The van der Waals surface area contributed by atoms with Gasteiger partial charge in [-0.1, -0.05) is 11.8 Å². The molecule has 1 amide bonds. The fraction of sp³-hybridized carbons (Fsp3) is 0.286. The van der Waals surface area contributed by atoms with Crippen LogP contribution in [0, 0.1) is 0 Å². The Morgan fingerprint density at radius 3 is 2.93 bits per heavy atom. The zero-order valence-corrected chi connectivity index (χ0v) is 7.81. The predicted molar refractivity (Wildman–Crippen MR) is 47.7 cm³/mol. The SMILES string of the molecule is NNC(=O)c1ccc(CSC(F)F)o1. The van der Waals surface area contributed by atoms with Crippen molar-refractivity contribution in [1.82, 2.24) is 5.43 Å². The van der Waals surface area contributed by atoms with Crippen molar-refractivity contribution in [1.29, 1.82) is 0 Å². The highest BCUT2D eigenvalue weighted by atomic mass is 32.2. The van der Waals surface area contributed by atoms with Crippen molar-refractivity contribution in [3.63, 3.8) is 0 Å². The molecule has 0 unspecified atom stereocenters. The van der Waals surface area contributed by atoms with E-state index in [-0.39, 0.29) is 11.5 Å². The van der Waals surface area contributed by atoms with Crippen molar-refractivity contribution >= 4 is 17.7 Å². The van der Waals surface area contributed by atoms with E-state index in [1.54, 1.807) is 0 Å². The van der Waals surface area contributed by atoms with E-state index in [0.29, 0.717) is 17.5 Å². The maximum atomic E-state index is 11.8. The zero-order valence-electron chi connectivity index (χ0n) is 7.00. The molecule has 0 fully saturated rings. The number of nitrogens with two attached hydrogens (primary N) is 1. The molecular formula is C7H8F2N2O2S. The lowest BCUT2D eigenvalue weighted by Gasteiger charge is -1.96. The van der Waals surface area contributed by atoms with Crippen LogP contribution in [-0.4, -0.2) is 11.7 Å². The van der Waals surface area contributed by atoms with Gasteiger partial charge < -0.3 is 4.42 Å². The molecular weight excluding hydrogens is 214 g/mol. The second-order valence-corrected chi connectivity index (χ2v) is 3.29. The number of alkyl halides is 2. The summed E-state index contributed by atoms with van der Waals surface area (Å²) >= 11 is 0.427. The molecule has 7 heteroatoms. The van der Waals surface area contributed by atoms with E-state index in [1.165, 1.54) is 12.1 Å². The molecule has 0 atom stereocenters. The van der Waals surface area contributed by atoms with E-state index >= 15 is 0 Å². The minimum atomic E-state index is -2.45. The molecule has 1 aromatic rings. The highest BCUT2D eigenvalue weighted by Gasteiger charge is 2.11. The number of nitrogen functional groups attached to an aromatic ring is 1. The van der Waals surface area contributed by atoms with Crippen LogP contribution in [0.2, 0.25) is 0 Å². The Morgan fingerprint density at radius 2 is 2.36 bits per heavy atom. The Hall–Kier alpha value is -1.08. The van der Waals surface area contributed by atoms with E-state index in [1.807, 2.05) is 5.43 Å². The Balaban J connectivity index is 2.55. The van der Waals surface area contributed by atoms with Gasteiger partial charge in [-0.25, -0.2) is 5.84 Å². The molecule has 0 spiro atoms. The molecule has 0 aliphatic rings. The quantitative estimate of drug-likeness (QED) is 0.458. The maximum absolute atomic E-state index is 11.8. The third-order valence-electron chi connectivity index (χ3n) is 1.37. The zero-order chi connectivity index (χ0) is 10.6. The van der Waals surface area contributed by atoms with Crippen LogP contribution in [-0.2, 0) is 5.75 Å². The number of thioether (sulfide) groups is 1. The van der Waals surface area contributed by atoms with Gasteiger partial charge in [0.2, 0.25) is 0 Å². The van der Waals surface area contributed by atoms with E-state index in [9.17, 15) is 13.6 Å². The summed E-state index contributed by atoms with van der Waals surface area (Å²) in [5.74, 6) is 2.16. The fourth-order valence-electron chi connectivity index (χ4n) is 0.794. The Kier molecular flexibility index (Phi) is 3.90. The summed E-state index contributed by atoms with van der Waals surface area (Å²) < 4.78 is 28.5. The summed E-state index contributed by atoms with van der Waals surface area (Å²) in [6.07, 6.45) is 0. The van der Waals surface area contributed by atoms with E-state index in [0.717, 1.165) is 0 Å². The molecule has 1 heterocycles. The number of furan rings is 1. The number of hydrogen-bond acceptors (Lipinski definition) is 4. The number of carbonyl (C=O) groups is 1. The lowest BCUT2D eigenvalue weighted by Crippen LogP contribution is -2.29. The van der Waals surface area contributed by atoms with E-state index < -0.39 is 11.7 Å². The van der Waals surface area contributed by atoms with Gasteiger partial charge in [0.05, 0.1) is 5.75 Å². The molecule has 0 radical (unpaired) electrons. The molecule has 0 aromatic carbocycles. The van der Waals surface area contributed by atoms with Gasteiger partial charge in [-0.3, -0.25) is 10.2 Å². The van der Waals surface area contributed by atoms with Crippen molar-refractivity contribution in [2.24, 2.45) is 5.84 Å². The van der Waals surface area contributed by atoms with Gasteiger partial charge in [-0.05, 0) is 12.1 Å². The van der Waals surface area contributed by atoms with Crippen LogP contribution in [0.25, 0.3) is 0 Å². The second kappa shape index (κ2) is 4.97. The Morgan fingerprint density at radius 1 is 1.64 bits per heavy atom. The number of hydrogen-bond donors (Lipinski definition) is 2. The third kappa shape index (κ3) is 3.00. The largest absolute Gasteiger partial charge is 0.455 e. The summed E-state index contributed by atoms with van der Waals surface area (Å²) in [4.78, 5) is 10.9. The van der Waals surface area contributed by atoms with Gasteiger partial charge in [0.1, 0.15) is 5.76 Å². The number of amides is 1. The molecule has 0 aliphatic heterocycles. The third-order valence-corrected chi connectivity index (χ3v) is 2.07. The van der Waals surface area contributed by atoms with Gasteiger partial charge in [0.15, 0.2) is 5.76 Å². The Labute approximate surface area is 82.8 Å². The summed E-state index contributed by atoms with van der Waals surface area (Å²) in [5, 5.41) is 0. The fourth-order valence-corrected chi connectivity index (χ4v) is 1.24. The van der Waals surface area contributed by atoms with Crippen LogP contribution in [0.3, 0.4) is 0 Å². The summed E-state index contributed by atoms with van der Waals surface area (Å²) in [7, 11) is 0. The van der Waals surface area contributed by atoms with Crippen molar-refractivity contribution in [3.8, 4) is 0 Å². The average molecular weight is 222 g/mol. The molecule has 0 aliphatic carbocycles. The lowest BCUT2D eigenvalue weighted by atomic mass is 10.4. The van der Waals surface area contributed by atoms with Crippen molar-refractivity contribution in [2.75, 3.05) is 0 Å². The molecule has 0 saturated heterocycles. The van der Waals surface area contributed by atoms with Crippen LogP contribution >= 0.6 is 11.8 Å². The molecule has 78 valence electrons. The Bertz CT molecular complexity index is 316. The summed E-state index contributed by atoms with van der Waals surface area (Å²) in [6.45, 7) is 0. The normalized spacial score (nSPS) is 10.6. The van der Waals surface area contributed by atoms with Crippen LogP contribution in [0.5, 0.6) is 0 Å². The van der Waals surface area contributed by atoms with Gasteiger partial charge in [-0.15, -0.1) is 0 Å². The van der Waals surface area contributed by atoms with Gasteiger partial charge >= 0.3 is 5.91 Å². The first-order valence-corrected chi connectivity index (χ1v) is 4.67. The smallest absolute Gasteiger partial charge is 0.300 e. The average Bonchev–Trinajstić information content (AvgIpc) is 2.62. The molecule has 14 heavy (non-hydrogen) atoms. The first-order valence-electron chi connectivity index (χ1n) is 3.63. The summed E-state index contributed by atoms with van der Waals surface area (Å²) in [5.41, 5.74) is 1.87. The van der Waals surface area contributed by atoms with Crippen LogP contribution in [0.4, 0.5) is 8.78 Å². The first-order chi connectivity index (χ1) is 6.63. The van der Waals surface area contributed by atoms with E-state index in [2.05, 4.69) is 0 Å². The van der Waals surface area contributed by atoms with Gasteiger partial charge in [0.25, 0.3) is 5.76 Å². The summed E-state index contributed by atoms with van der Waals surface area (Å²) in [6, 6.07) is 2.84. The van der Waals surface area contributed by atoms with E-state index in [4.69, 9.17) is 10.3 Å². The van der Waals surface area contributed by atoms with Crippen LogP contribution in [0.15, 0.2) is 16.5 Å². The highest BCUT2D eigenvalue weighted by molar-refractivity contribution is 7.98. The molecule has 3 N–H and O–H groups in total. The molecule has 0 bridgehead atoms. The minimum absolute atomic E-state index is 0.0115. The van der Waals surface area contributed by atoms with Crippen LogP contribution in [0.1, 0.15) is 16.3 Å². The van der Waals surface area contributed by atoms with Crippen molar-refractivity contribution < 1.29 is 18.0 Å². The monoisotopic (exact) mass is 222 g/mol. The predicted octanol–water partition coefficient (Wildman–Crippen LogP) is 1.34. The number of rotatable bonds is 4. The number of nitrogens with one attached hydrogen (secondary N) is 1. The minimum Gasteiger partial charge on any atom is -0.455 e. The molecule has 4 nitrogen and oxygen atoms in total. The first kappa shape index (κ1) is 11.0. The van der Waals surface area contributed by atoms with Gasteiger partial charge in [-0.2, -0.15) is 8.78 Å². The molecule has 0 saturated carbocycles. The van der Waals surface area contributed by atoms with Gasteiger partial charge in [0, 0.05) is 0 Å². The number of carbonyl (C=O) groups excluding carboxylic acids is 1.